The van der Waals surface area contributed by atoms with Crippen LogP contribution < -0.4 is 4.74 Å². The number of esters is 1. The van der Waals surface area contributed by atoms with Gasteiger partial charge in [-0.25, -0.2) is 4.79 Å². The van der Waals surface area contributed by atoms with Crippen molar-refractivity contribution < 1.29 is 14.3 Å². The van der Waals surface area contributed by atoms with E-state index in [4.69, 9.17) is 9.47 Å². The number of carbonyl (C=O) groups excluding carboxylic acids is 1. The van der Waals surface area contributed by atoms with Crippen LogP contribution in [0.3, 0.4) is 0 Å². The Kier molecular flexibility index (Phi) is 5.81. The fraction of sp³-hybridized carbons (Fsp3) is 0.235. The molecule has 0 unspecified atom stereocenters. The van der Waals surface area contributed by atoms with Gasteiger partial charge in [-0.1, -0.05) is 40.2 Å². The molecule has 0 spiro atoms. The molecule has 4 heteroatoms. The molecule has 0 saturated heterocycles. The Hall–Kier alpha value is -1.81. The predicted molar refractivity (Wildman–Crippen MR) is 87.1 cm³/mol. The van der Waals surface area contributed by atoms with Crippen molar-refractivity contribution in [3.63, 3.8) is 0 Å². The highest BCUT2D eigenvalue weighted by Gasteiger charge is 2.06. The van der Waals surface area contributed by atoms with Gasteiger partial charge in [-0.05, 0) is 42.3 Å². The minimum Gasteiger partial charge on any atom is -0.493 e. The SMILES string of the molecule is CCOC(=O)c1ccc(-c2ccc(OCCBr)cc2)cc1. The van der Waals surface area contributed by atoms with Crippen LogP contribution in [0, 0.1) is 0 Å². The molecule has 3 nitrogen and oxygen atoms in total. The smallest absolute Gasteiger partial charge is 0.338 e. The van der Waals surface area contributed by atoms with Crippen LogP contribution in [0.1, 0.15) is 17.3 Å². The number of carbonyl (C=O) groups is 1. The Labute approximate surface area is 133 Å². The molecule has 21 heavy (non-hydrogen) atoms. The van der Waals surface area contributed by atoms with E-state index >= 15 is 0 Å². The van der Waals surface area contributed by atoms with Crippen molar-refractivity contribution in [2.45, 2.75) is 6.92 Å². The number of hydrogen-bond acceptors (Lipinski definition) is 3. The second-order valence-electron chi connectivity index (χ2n) is 4.36. The maximum absolute atomic E-state index is 11.6. The molecule has 0 N–H and O–H groups in total. The van der Waals surface area contributed by atoms with Crippen LogP contribution in [-0.2, 0) is 4.74 Å². The van der Waals surface area contributed by atoms with Gasteiger partial charge in [-0.2, -0.15) is 0 Å². The Balaban J connectivity index is 2.09. The lowest BCUT2D eigenvalue weighted by Gasteiger charge is -2.07. The maximum atomic E-state index is 11.6. The van der Waals surface area contributed by atoms with Gasteiger partial charge in [-0.3, -0.25) is 0 Å². The van der Waals surface area contributed by atoms with E-state index in [9.17, 15) is 4.79 Å². The lowest BCUT2D eigenvalue weighted by atomic mass is 10.0. The second-order valence-corrected chi connectivity index (χ2v) is 5.15. The van der Waals surface area contributed by atoms with Crippen LogP contribution in [0.15, 0.2) is 48.5 Å². The van der Waals surface area contributed by atoms with Gasteiger partial charge in [0.05, 0.1) is 18.8 Å². The Morgan fingerprint density at radius 1 is 1.00 bits per heavy atom. The monoisotopic (exact) mass is 348 g/mol. The molecule has 2 aromatic rings. The van der Waals surface area contributed by atoms with Gasteiger partial charge in [0.15, 0.2) is 0 Å². The number of rotatable bonds is 6. The molecule has 0 amide bonds. The normalized spacial score (nSPS) is 10.2. The van der Waals surface area contributed by atoms with Crippen molar-refractivity contribution in [3.8, 4) is 16.9 Å². The van der Waals surface area contributed by atoms with Crippen LogP contribution in [0.25, 0.3) is 11.1 Å². The Bertz CT molecular complexity index is 576. The lowest BCUT2D eigenvalue weighted by Crippen LogP contribution is -2.03. The fourth-order valence-corrected chi connectivity index (χ4v) is 2.08. The fourth-order valence-electron chi connectivity index (χ4n) is 1.91. The zero-order chi connectivity index (χ0) is 15.1. The predicted octanol–water partition coefficient (Wildman–Crippen LogP) is 4.30. The summed E-state index contributed by atoms with van der Waals surface area (Å²) in [4.78, 5) is 11.6. The highest BCUT2D eigenvalue weighted by atomic mass is 79.9. The Morgan fingerprint density at radius 3 is 2.10 bits per heavy atom. The Morgan fingerprint density at radius 2 is 1.57 bits per heavy atom. The average molecular weight is 349 g/mol. The molecule has 2 rings (SSSR count). The summed E-state index contributed by atoms with van der Waals surface area (Å²) in [6.07, 6.45) is 0. The first-order chi connectivity index (χ1) is 10.2. The first-order valence-electron chi connectivity index (χ1n) is 6.81. The molecule has 110 valence electrons. The zero-order valence-electron chi connectivity index (χ0n) is 11.8. The van der Waals surface area contributed by atoms with E-state index in [1.54, 1.807) is 19.1 Å². The topological polar surface area (TPSA) is 35.5 Å². The van der Waals surface area contributed by atoms with Crippen LogP contribution in [0.2, 0.25) is 0 Å². The van der Waals surface area contributed by atoms with Crippen molar-refractivity contribution in [3.05, 3.63) is 54.1 Å². The molecule has 0 radical (unpaired) electrons. The molecule has 0 heterocycles. The first kappa shape index (κ1) is 15.6. The summed E-state index contributed by atoms with van der Waals surface area (Å²) >= 11 is 3.32. The van der Waals surface area contributed by atoms with Crippen LogP contribution >= 0.6 is 15.9 Å². The minimum atomic E-state index is -0.289. The van der Waals surface area contributed by atoms with Gasteiger partial charge in [-0.15, -0.1) is 0 Å². The van der Waals surface area contributed by atoms with Crippen molar-refractivity contribution in [1.29, 1.82) is 0 Å². The van der Waals surface area contributed by atoms with Crippen LogP contribution in [-0.4, -0.2) is 24.5 Å². The van der Waals surface area contributed by atoms with E-state index in [1.807, 2.05) is 36.4 Å². The minimum absolute atomic E-state index is 0.289. The zero-order valence-corrected chi connectivity index (χ0v) is 13.4. The maximum Gasteiger partial charge on any atom is 0.338 e. The first-order valence-corrected chi connectivity index (χ1v) is 7.93. The summed E-state index contributed by atoms with van der Waals surface area (Å²) in [6, 6.07) is 15.3. The van der Waals surface area contributed by atoms with E-state index in [-0.39, 0.29) is 5.97 Å². The molecule has 0 aliphatic heterocycles. The van der Waals surface area contributed by atoms with Gasteiger partial charge in [0.2, 0.25) is 0 Å². The van der Waals surface area contributed by atoms with E-state index in [0.717, 1.165) is 22.2 Å². The summed E-state index contributed by atoms with van der Waals surface area (Å²) in [5.41, 5.74) is 2.70. The third kappa shape index (κ3) is 4.33. The van der Waals surface area contributed by atoms with Crippen molar-refractivity contribution in [2.75, 3.05) is 18.5 Å². The molecule has 0 aliphatic carbocycles. The molecular formula is C17H17BrO3. The van der Waals surface area contributed by atoms with Gasteiger partial charge < -0.3 is 9.47 Å². The highest BCUT2D eigenvalue weighted by molar-refractivity contribution is 9.09. The number of ether oxygens (including phenoxy) is 2. The van der Waals surface area contributed by atoms with E-state index in [0.29, 0.717) is 18.8 Å². The average Bonchev–Trinajstić information content (AvgIpc) is 2.54. The summed E-state index contributed by atoms with van der Waals surface area (Å²) in [7, 11) is 0. The van der Waals surface area contributed by atoms with E-state index in [1.165, 1.54) is 0 Å². The van der Waals surface area contributed by atoms with Crippen molar-refractivity contribution in [2.24, 2.45) is 0 Å². The van der Waals surface area contributed by atoms with E-state index in [2.05, 4.69) is 15.9 Å². The number of hydrogen-bond donors (Lipinski definition) is 0. The molecule has 0 aromatic heterocycles. The van der Waals surface area contributed by atoms with Crippen LogP contribution in [0.4, 0.5) is 0 Å². The van der Waals surface area contributed by atoms with Crippen molar-refractivity contribution >= 4 is 21.9 Å². The summed E-state index contributed by atoms with van der Waals surface area (Å²) in [5.74, 6) is 0.559. The summed E-state index contributed by atoms with van der Waals surface area (Å²) in [5, 5.41) is 0.810. The molecule has 0 atom stereocenters. The molecule has 0 fully saturated rings. The number of alkyl halides is 1. The quantitative estimate of drug-likeness (QED) is 0.576. The van der Waals surface area contributed by atoms with Gasteiger partial charge in [0.1, 0.15) is 5.75 Å². The largest absolute Gasteiger partial charge is 0.493 e. The van der Waals surface area contributed by atoms with Crippen LogP contribution in [0.5, 0.6) is 5.75 Å². The van der Waals surface area contributed by atoms with Gasteiger partial charge in [0, 0.05) is 5.33 Å². The van der Waals surface area contributed by atoms with E-state index < -0.39 is 0 Å². The van der Waals surface area contributed by atoms with Crippen molar-refractivity contribution in [1.82, 2.24) is 0 Å². The highest BCUT2D eigenvalue weighted by Crippen LogP contribution is 2.23. The number of halogens is 1. The summed E-state index contributed by atoms with van der Waals surface area (Å²) < 4.78 is 10.5. The molecule has 0 aliphatic rings. The van der Waals surface area contributed by atoms with Gasteiger partial charge in [0.25, 0.3) is 0 Å². The third-order valence-electron chi connectivity index (χ3n) is 2.93. The molecule has 2 aromatic carbocycles. The van der Waals surface area contributed by atoms with Gasteiger partial charge >= 0.3 is 5.97 Å². The third-order valence-corrected chi connectivity index (χ3v) is 3.25. The summed E-state index contributed by atoms with van der Waals surface area (Å²) in [6.45, 7) is 2.83. The standard InChI is InChI=1S/C17H17BrO3/c1-2-20-17(19)15-5-3-13(4-6-15)14-7-9-16(10-8-14)21-12-11-18/h3-10H,2,11-12H2,1H3. The molecular weight excluding hydrogens is 332 g/mol. The molecule has 0 saturated carbocycles. The molecule has 0 bridgehead atoms. The second kappa shape index (κ2) is 7.84. The number of benzene rings is 2. The lowest BCUT2D eigenvalue weighted by molar-refractivity contribution is 0.0526.